The van der Waals surface area contributed by atoms with Crippen LogP contribution in [0.2, 0.25) is 0 Å². The van der Waals surface area contributed by atoms with Crippen molar-refractivity contribution in [1.82, 2.24) is 14.9 Å². The molecule has 1 aliphatic heterocycles. The van der Waals surface area contributed by atoms with E-state index < -0.39 is 6.10 Å². The average molecular weight is 353 g/mol. The number of imidazole rings is 1. The first kappa shape index (κ1) is 16.8. The molecule has 2 heterocycles. The van der Waals surface area contributed by atoms with Crippen LogP contribution in [0.4, 0.5) is 4.39 Å². The van der Waals surface area contributed by atoms with Gasteiger partial charge in [0.25, 0.3) is 0 Å². The Labute approximate surface area is 151 Å². The summed E-state index contributed by atoms with van der Waals surface area (Å²) in [6.07, 6.45) is 1.24. The molecule has 26 heavy (non-hydrogen) atoms. The molecule has 4 rings (SSSR count). The second-order valence-electron chi connectivity index (χ2n) is 6.70. The van der Waals surface area contributed by atoms with E-state index in [-0.39, 0.29) is 17.7 Å². The molecular weight excluding hydrogens is 333 g/mol. The molecule has 0 spiro atoms. The van der Waals surface area contributed by atoms with Crippen LogP contribution in [0.15, 0.2) is 30.3 Å². The Morgan fingerprint density at radius 2 is 2.15 bits per heavy atom. The van der Waals surface area contributed by atoms with Gasteiger partial charge in [0.05, 0.1) is 22.7 Å². The van der Waals surface area contributed by atoms with Gasteiger partial charge in [0.2, 0.25) is 0 Å². The number of hydrogen-bond donors (Lipinski definition) is 2. The van der Waals surface area contributed by atoms with Gasteiger partial charge in [-0.25, -0.2) is 9.37 Å². The van der Waals surface area contributed by atoms with Crippen LogP contribution in [0.1, 0.15) is 30.3 Å². The zero-order chi connectivity index (χ0) is 18.1. The number of halogens is 1. The Bertz CT molecular complexity index is 903. The van der Waals surface area contributed by atoms with Crippen molar-refractivity contribution in [3.05, 3.63) is 59.7 Å². The summed E-state index contributed by atoms with van der Waals surface area (Å²) in [5.74, 6) is 0.270. The topological polar surface area (TPSA) is 61.4 Å². The fraction of sp³-hybridized carbons (Fsp3) is 0.350. The van der Waals surface area contributed by atoms with Gasteiger partial charge in [0.1, 0.15) is 17.4 Å². The van der Waals surface area contributed by atoms with Gasteiger partial charge in [-0.1, -0.05) is 12.1 Å². The molecule has 1 aliphatic rings. The number of likely N-dealkylation sites (tertiary alicyclic amines) is 1. The zero-order valence-corrected chi connectivity index (χ0v) is 14.5. The number of rotatable bonds is 4. The van der Waals surface area contributed by atoms with Gasteiger partial charge in [0.15, 0.2) is 6.10 Å². The SMILES string of the molecule is CN1CCC(OC(c2nc3ccc(F)cc3[nH]2)c2c#cccc2O)CC1. The molecule has 1 atom stereocenters. The lowest BCUT2D eigenvalue weighted by Crippen LogP contribution is -2.35. The second-order valence-corrected chi connectivity index (χ2v) is 6.70. The largest absolute Gasteiger partial charge is 0.507 e. The number of nitrogens with zero attached hydrogens (tertiary/aromatic N) is 2. The van der Waals surface area contributed by atoms with Crippen LogP contribution in [-0.4, -0.2) is 46.2 Å². The number of ether oxygens (including phenoxy) is 1. The number of nitrogens with one attached hydrogen (secondary N) is 1. The monoisotopic (exact) mass is 353 g/mol. The molecule has 5 nitrogen and oxygen atoms in total. The number of benzene rings is 1. The van der Waals surface area contributed by atoms with Crippen LogP contribution in [-0.2, 0) is 4.74 Å². The number of aromatic hydroxyl groups is 1. The van der Waals surface area contributed by atoms with E-state index in [1.807, 2.05) is 0 Å². The van der Waals surface area contributed by atoms with Crippen LogP contribution in [0.3, 0.4) is 0 Å². The van der Waals surface area contributed by atoms with Crippen molar-refractivity contribution in [2.75, 3.05) is 20.1 Å². The standard InChI is InChI=1S/C20H20FN3O2/c1-24-10-8-14(9-11-24)26-19(15-4-2-3-5-18(15)25)20-22-16-7-6-13(21)12-17(16)23-20/h3,5-7,12,14,19,25H,8-11H2,1H3,(H,22,23). The van der Waals surface area contributed by atoms with Crippen LogP contribution in [0, 0.1) is 17.9 Å². The molecule has 2 aromatic carbocycles. The van der Waals surface area contributed by atoms with Crippen molar-refractivity contribution >= 4 is 11.0 Å². The molecule has 1 unspecified atom stereocenters. The molecule has 6 heteroatoms. The Balaban J connectivity index is 1.70. The Morgan fingerprint density at radius 1 is 1.35 bits per heavy atom. The molecule has 0 radical (unpaired) electrons. The number of aromatic amines is 1. The van der Waals surface area contributed by atoms with E-state index in [1.54, 1.807) is 18.2 Å². The maximum Gasteiger partial charge on any atom is 0.152 e. The summed E-state index contributed by atoms with van der Waals surface area (Å²) in [7, 11) is 2.09. The normalized spacial score (nSPS) is 17.3. The summed E-state index contributed by atoms with van der Waals surface area (Å²) in [6, 6.07) is 13.4. The van der Waals surface area contributed by atoms with Gasteiger partial charge in [-0.05, 0) is 50.2 Å². The van der Waals surface area contributed by atoms with Crippen molar-refractivity contribution in [3.63, 3.8) is 0 Å². The van der Waals surface area contributed by atoms with Gasteiger partial charge in [0, 0.05) is 13.1 Å². The summed E-state index contributed by atoms with van der Waals surface area (Å²) in [5, 5.41) is 10.3. The maximum atomic E-state index is 13.5. The highest BCUT2D eigenvalue weighted by Gasteiger charge is 2.27. The first-order valence-electron chi connectivity index (χ1n) is 8.70. The molecule has 0 bridgehead atoms. The fourth-order valence-corrected chi connectivity index (χ4v) is 3.30. The van der Waals surface area contributed by atoms with E-state index in [1.165, 1.54) is 12.1 Å². The lowest BCUT2D eigenvalue weighted by Gasteiger charge is -2.31. The van der Waals surface area contributed by atoms with Crippen molar-refractivity contribution in [1.29, 1.82) is 0 Å². The van der Waals surface area contributed by atoms with Crippen molar-refractivity contribution in [2.24, 2.45) is 0 Å². The zero-order valence-electron chi connectivity index (χ0n) is 14.5. The van der Waals surface area contributed by atoms with E-state index >= 15 is 0 Å². The van der Waals surface area contributed by atoms with E-state index in [0.717, 1.165) is 25.9 Å². The number of fused-ring (bicyclic) bond motifs is 1. The fourth-order valence-electron chi connectivity index (χ4n) is 3.30. The Morgan fingerprint density at radius 3 is 2.92 bits per heavy atom. The van der Waals surface area contributed by atoms with E-state index in [2.05, 4.69) is 34.0 Å². The van der Waals surface area contributed by atoms with Gasteiger partial charge in [-0.15, -0.1) is 0 Å². The van der Waals surface area contributed by atoms with Gasteiger partial charge in [-0.2, -0.15) is 0 Å². The Hall–Kier alpha value is -2.62. The summed E-state index contributed by atoms with van der Waals surface area (Å²) >= 11 is 0. The quantitative estimate of drug-likeness (QED) is 0.756. The highest BCUT2D eigenvalue weighted by Crippen LogP contribution is 2.33. The van der Waals surface area contributed by atoms with E-state index in [9.17, 15) is 9.50 Å². The summed E-state index contributed by atoms with van der Waals surface area (Å²) < 4.78 is 19.8. The molecular formula is C20H20FN3O2. The minimum atomic E-state index is -0.615. The molecule has 0 amide bonds. The maximum absolute atomic E-state index is 13.5. The molecule has 1 saturated heterocycles. The number of piperidine rings is 1. The molecule has 134 valence electrons. The molecule has 1 aromatic heterocycles. The average Bonchev–Trinajstić information content (AvgIpc) is 3.05. The summed E-state index contributed by atoms with van der Waals surface area (Å²) in [6.45, 7) is 1.92. The first-order chi connectivity index (χ1) is 12.6. The lowest BCUT2D eigenvalue weighted by molar-refractivity contribution is -0.0271. The van der Waals surface area contributed by atoms with Gasteiger partial charge < -0.3 is 19.7 Å². The number of hydrogen-bond acceptors (Lipinski definition) is 4. The van der Waals surface area contributed by atoms with Crippen LogP contribution in [0.25, 0.3) is 11.0 Å². The molecule has 0 aliphatic carbocycles. The van der Waals surface area contributed by atoms with Crippen molar-refractivity contribution in [3.8, 4) is 5.75 Å². The van der Waals surface area contributed by atoms with Gasteiger partial charge >= 0.3 is 0 Å². The third-order valence-electron chi connectivity index (χ3n) is 4.77. The molecule has 0 saturated carbocycles. The minimum absolute atomic E-state index is 0.0501. The van der Waals surface area contributed by atoms with E-state index in [4.69, 9.17) is 4.74 Å². The number of aromatic nitrogens is 2. The smallest absolute Gasteiger partial charge is 0.152 e. The predicted molar refractivity (Wildman–Crippen MR) is 95.3 cm³/mol. The van der Waals surface area contributed by atoms with Crippen molar-refractivity contribution < 1.29 is 14.2 Å². The predicted octanol–water partition coefficient (Wildman–Crippen LogP) is 3.21. The number of H-pyrrole nitrogens is 1. The minimum Gasteiger partial charge on any atom is -0.507 e. The highest BCUT2D eigenvalue weighted by molar-refractivity contribution is 5.75. The van der Waals surface area contributed by atoms with E-state index in [0.29, 0.717) is 22.4 Å². The molecule has 3 aromatic rings. The van der Waals surface area contributed by atoms with Crippen molar-refractivity contribution in [2.45, 2.75) is 25.0 Å². The summed E-state index contributed by atoms with van der Waals surface area (Å²) in [5.41, 5.74) is 1.72. The molecule has 1 fully saturated rings. The summed E-state index contributed by atoms with van der Waals surface area (Å²) in [4.78, 5) is 9.94. The van der Waals surface area contributed by atoms with Gasteiger partial charge in [-0.3, -0.25) is 0 Å². The molecule has 2 N–H and O–H groups in total. The van der Waals surface area contributed by atoms with Crippen LogP contribution in [0.5, 0.6) is 5.75 Å². The van der Waals surface area contributed by atoms with Crippen LogP contribution >= 0.6 is 0 Å². The Kier molecular flexibility index (Phi) is 4.49. The third kappa shape index (κ3) is 3.36. The van der Waals surface area contributed by atoms with Crippen LogP contribution < -0.4 is 0 Å². The first-order valence-corrected chi connectivity index (χ1v) is 8.70. The highest BCUT2D eigenvalue weighted by atomic mass is 19.1. The second kappa shape index (κ2) is 6.94. The third-order valence-corrected chi connectivity index (χ3v) is 4.77. The lowest BCUT2D eigenvalue weighted by atomic mass is 10.1.